The highest BCUT2D eigenvalue weighted by Crippen LogP contribution is 2.45. The van der Waals surface area contributed by atoms with Crippen molar-refractivity contribution in [3.63, 3.8) is 0 Å². The lowest BCUT2D eigenvalue weighted by molar-refractivity contribution is -0.130. The summed E-state index contributed by atoms with van der Waals surface area (Å²) in [6.07, 6.45) is 2.92. The Morgan fingerprint density at radius 2 is 2.00 bits per heavy atom. The summed E-state index contributed by atoms with van der Waals surface area (Å²) in [6, 6.07) is 7.03. The molecule has 12 nitrogen and oxygen atoms in total. The van der Waals surface area contributed by atoms with Crippen molar-refractivity contribution in [1.82, 2.24) is 25.3 Å². The molecular weight excluding hydrogens is 605 g/mol. The number of aromatic nitrogens is 2. The molecule has 2 aromatic heterocycles. The Balaban J connectivity index is 1.18. The summed E-state index contributed by atoms with van der Waals surface area (Å²) in [5, 5.41) is 12.3. The number of anilines is 1. The molecule has 234 valence electrons. The molecule has 14 heteroatoms. The number of amides is 2. The topological polar surface area (TPSA) is 161 Å². The Morgan fingerprint density at radius 1 is 1.20 bits per heavy atom. The van der Waals surface area contributed by atoms with Gasteiger partial charge in [-0.3, -0.25) is 14.3 Å². The molecule has 44 heavy (non-hydrogen) atoms. The van der Waals surface area contributed by atoms with E-state index in [-0.39, 0.29) is 18.1 Å². The zero-order valence-corrected chi connectivity index (χ0v) is 26.4. The maximum Gasteiger partial charge on any atom is 0.259 e. The van der Waals surface area contributed by atoms with E-state index in [0.717, 1.165) is 10.5 Å². The van der Waals surface area contributed by atoms with Gasteiger partial charge in [0.15, 0.2) is 5.13 Å². The molecule has 4 atom stereocenters. The Morgan fingerprint density at radius 3 is 2.68 bits per heavy atom. The van der Waals surface area contributed by atoms with Crippen molar-refractivity contribution in [2.75, 3.05) is 19.0 Å². The van der Waals surface area contributed by atoms with Gasteiger partial charge in [-0.25, -0.2) is 18.4 Å². The van der Waals surface area contributed by atoms with Crippen LogP contribution in [0.5, 0.6) is 11.5 Å². The van der Waals surface area contributed by atoms with Gasteiger partial charge in [-0.1, -0.05) is 6.08 Å². The molecule has 4 N–H and O–H groups in total. The number of carbonyl (C=O) groups excluding carboxylic acids is 2. The summed E-state index contributed by atoms with van der Waals surface area (Å²) in [6.45, 7) is 8.24. The smallest absolute Gasteiger partial charge is 0.259 e. The van der Waals surface area contributed by atoms with Gasteiger partial charge in [0.25, 0.3) is 5.91 Å². The first kappa shape index (κ1) is 30.3. The third-order valence-corrected chi connectivity index (χ3v) is 10.7. The monoisotopic (exact) mass is 640 g/mol. The molecule has 3 fully saturated rings. The van der Waals surface area contributed by atoms with Crippen LogP contribution in [0.3, 0.4) is 0 Å². The van der Waals surface area contributed by atoms with Gasteiger partial charge >= 0.3 is 0 Å². The van der Waals surface area contributed by atoms with Crippen LogP contribution in [0.15, 0.2) is 42.3 Å². The van der Waals surface area contributed by atoms with E-state index in [0.29, 0.717) is 60.6 Å². The number of thiazole rings is 1. The first-order valence-corrected chi connectivity index (χ1v) is 17.1. The van der Waals surface area contributed by atoms with Gasteiger partial charge in [0, 0.05) is 47.8 Å². The van der Waals surface area contributed by atoms with Gasteiger partial charge in [-0.15, -0.1) is 17.9 Å². The highest BCUT2D eigenvalue weighted by atomic mass is 32.2. The Bertz CT molecular complexity index is 1720. The maximum absolute atomic E-state index is 13.3. The number of pyridine rings is 1. The fourth-order valence-corrected chi connectivity index (χ4v) is 7.65. The second kappa shape index (κ2) is 11.6. The molecule has 0 unspecified atom stereocenters. The van der Waals surface area contributed by atoms with Crippen LogP contribution >= 0.6 is 11.3 Å². The van der Waals surface area contributed by atoms with E-state index in [1.165, 1.54) is 11.3 Å². The molecule has 1 aromatic carbocycles. The summed E-state index contributed by atoms with van der Waals surface area (Å²) in [5.41, 5.74) is 0.713. The number of carbonyl (C=O) groups is 2. The maximum atomic E-state index is 13.3. The fraction of sp³-hybridized carbons (Fsp3) is 0.467. The third kappa shape index (κ3) is 6.10. The number of benzene rings is 1. The second-order valence-electron chi connectivity index (χ2n) is 11.8. The van der Waals surface area contributed by atoms with Gasteiger partial charge in [-0.05, 0) is 45.2 Å². The number of sulfonamides is 1. The SMILES string of the molecule is C=C[C@@H]1C[C@]1(NC(=O)[C@@H]1C[C@@H](Oc2cc(-c3csc(NC(C)C)n3)nc3cc(OC)ccc23)CN1)C(=O)NS(=O)(=O)C1CC1. The van der Waals surface area contributed by atoms with Crippen LogP contribution < -0.4 is 30.1 Å². The minimum Gasteiger partial charge on any atom is -0.497 e. The van der Waals surface area contributed by atoms with Crippen LogP contribution in [0.25, 0.3) is 22.3 Å². The molecule has 1 aliphatic heterocycles. The quantitative estimate of drug-likeness (QED) is 0.217. The predicted molar refractivity (Wildman–Crippen MR) is 168 cm³/mol. The summed E-state index contributed by atoms with van der Waals surface area (Å²) in [4.78, 5) is 35.9. The van der Waals surface area contributed by atoms with Crippen molar-refractivity contribution >= 4 is 49.2 Å². The number of hydrogen-bond donors (Lipinski definition) is 4. The van der Waals surface area contributed by atoms with Crippen molar-refractivity contribution < 1.29 is 27.5 Å². The van der Waals surface area contributed by atoms with Gasteiger partial charge in [0.1, 0.15) is 28.8 Å². The van der Waals surface area contributed by atoms with E-state index in [1.54, 1.807) is 13.2 Å². The average molecular weight is 641 g/mol. The number of rotatable bonds is 12. The minimum absolute atomic E-state index is 0.240. The van der Waals surface area contributed by atoms with Gasteiger partial charge in [0.05, 0.1) is 29.6 Å². The molecule has 3 aromatic rings. The van der Waals surface area contributed by atoms with E-state index in [4.69, 9.17) is 19.4 Å². The lowest BCUT2D eigenvalue weighted by Gasteiger charge is -2.21. The van der Waals surface area contributed by atoms with Gasteiger partial charge < -0.3 is 25.4 Å². The molecule has 1 saturated heterocycles. The molecule has 2 amide bonds. The number of nitrogens with zero attached hydrogens (tertiary/aromatic N) is 2. The third-order valence-electron chi connectivity index (χ3n) is 8.11. The average Bonchev–Trinajstić information content (AvgIpc) is 3.87. The lowest BCUT2D eigenvalue weighted by Crippen LogP contribution is -2.55. The highest BCUT2D eigenvalue weighted by molar-refractivity contribution is 7.91. The molecule has 0 spiro atoms. The number of nitrogens with one attached hydrogen (secondary N) is 4. The molecule has 6 rings (SSSR count). The minimum atomic E-state index is -3.75. The number of ether oxygens (including phenoxy) is 2. The summed E-state index contributed by atoms with van der Waals surface area (Å²) >= 11 is 1.50. The largest absolute Gasteiger partial charge is 0.497 e. The van der Waals surface area contributed by atoms with Crippen LogP contribution in [-0.4, -0.2) is 72.8 Å². The molecule has 3 aliphatic rings. The Labute approximate surface area is 260 Å². The van der Waals surface area contributed by atoms with Crippen molar-refractivity contribution in [3.05, 3.63) is 42.3 Å². The second-order valence-corrected chi connectivity index (χ2v) is 14.7. The van der Waals surface area contributed by atoms with E-state index in [2.05, 4.69) is 27.3 Å². The van der Waals surface area contributed by atoms with E-state index in [1.807, 2.05) is 43.5 Å². The Kier molecular flexibility index (Phi) is 8.01. The molecular formula is C30H36N6O6S2. The van der Waals surface area contributed by atoms with Crippen LogP contribution in [0, 0.1) is 5.92 Å². The van der Waals surface area contributed by atoms with Crippen molar-refractivity contribution in [2.24, 2.45) is 5.92 Å². The summed E-state index contributed by atoms with van der Waals surface area (Å²) in [7, 11) is -2.15. The molecule has 3 heterocycles. The van der Waals surface area contributed by atoms with Gasteiger partial charge in [-0.2, -0.15) is 0 Å². The van der Waals surface area contributed by atoms with Crippen LogP contribution in [-0.2, 0) is 19.6 Å². The molecule has 2 aliphatic carbocycles. The first-order valence-electron chi connectivity index (χ1n) is 14.6. The van der Waals surface area contributed by atoms with Crippen molar-refractivity contribution in [3.8, 4) is 22.9 Å². The first-order chi connectivity index (χ1) is 21.0. The normalized spacial score (nSPS) is 24.6. The molecule has 0 bridgehead atoms. The van der Waals surface area contributed by atoms with Crippen LogP contribution in [0.2, 0.25) is 0 Å². The molecule has 0 radical (unpaired) electrons. The fourth-order valence-electron chi connectivity index (χ4n) is 5.43. The van der Waals surface area contributed by atoms with E-state index in [9.17, 15) is 18.0 Å². The zero-order chi connectivity index (χ0) is 31.2. The highest BCUT2D eigenvalue weighted by Gasteiger charge is 2.61. The van der Waals surface area contributed by atoms with Crippen LogP contribution in [0.4, 0.5) is 5.13 Å². The zero-order valence-electron chi connectivity index (χ0n) is 24.8. The number of methoxy groups -OCH3 is 1. The Hall–Kier alpha value is -3.75. The van der Waals surface area contributed by atoms with Crippen molar-refractivity contribution in [2.45, 2.75) is 68.5 Å². The van der Waals surface area contributed by atoms with Crippen LogP contribution in [0.1, 0.15) is 39.5 Å². The predicted octanol–water partition coefficient (Wildman–Crippen LogP) is 2.97. The van der Waals surface area contributed by atoms with E-state index >= 15 is 0 Å². The van der Waals surface area contributed by atoms with E-state index < -0.39 is 38.7 Å². The number of hydrogen-bond acceptors (Lipinski definition) is 11. The van der Waals surface area contributed by atoms with Gasteiger partial charge in [0.2, 0.25) is 15.9 Å². The standard InChI is InChI=1S/C30H36N6O6S2/c1-5-17-13-30(17,28(38)36-44(39,40)20-7-8-20)35-27(37)24-11-19(14-31-24)42-26-12-23(25-15-43-29(34-25)32-16(2)3)33-22-10-18(41-4)6-9-21(22)26/h5-6,9-10,12,15-17,19-20,24,31H,1,7-8,11,13-14H2,2-4H3,(H,32,34)(H,35,37)(H,36,38)/t17-,19-,24+,30-/m1/s1. The lowest BCUT2D eigenvalue weighted by atomic mass is 10.1. The van der Waals surface area contributed by atoms with Crippen molar-refractivity contribution in [1.29, 1.82) is 0 Å². The number of fused-ring (bicyclic) bond motifs is 1. The summed E-state index contributed by atoms with van der Waals surface area (Å²) < 4.78 is 38.9. The molecule has 2 saturated carbocycles. The summed E-state index contributed by atoms with van der Waals surface area (Å²) in [5.74, 6) is -0.198.